The van der Waals surface area contributed by atoms with Crippen molar-refractivity contribution >= 4 is 27.3 Å². The molecule has 2 aliphatic rings. The smallest absolute Gasteiger partial charge is 0.254 e. The molecule has 2 fully saturated rings. The third kappa shape index (κ3) is 6.22. The maximum absolute atomic E-state index is 13.7. The van der Waals surface area contributed by atoms with Crippen LogP contribution >= 0.6 is 0 Å². The molecule has 214 valence electrons. The van der Waals surface area contributed by atoms with Crippen LogP contribution in [0.25, 0.3) is 0 Å². The van der Waals surface area contributed by atoms with Crippen molar-refractivity contribution in [3.63, 3.8) is 0 Å². The van der Waals surface area contributed by atoms with Crippen LogP contribution in [0.1, 0.15) is 32.6 Å². The Labute approximate surface area is 242 Å². The zero-order chi connectivity index (χ0) is 29.1. The first-order valence-electron chi connectivity index (χ1n) is 13.9. The van der Waals surface area contributed by atoms with Gasteiger partial charge in [0, 0.05) is 64.5 Å². The van der Waals surface area contributed by atoms with Gasteiger partial charge in [-0.2, -0.15) is 5.26 Å². The lowest BCUT2D eigenvalue weighted by atomic mass is 9.98. The van der Waals surface area contributed by atoms with Crippen molar-refractivity contribution < 1.29 is 13.2 Å². The number of nitriles is 1. The van der Waals surface area contributed by atoms with E-state index >= 15 is 0 Å². The van der Waals surface area contributed by atoms with Crippen molar-refractivity contribution in [2.45, 2.75) is 25.3 Å². The number of primary sulfonamides is 1. The normalized spacial score (nSPS) is 16.5. The number of piperazine rings is 2. The van der Waals surface area contributed by atoms with Crippen molar-refractivity contribution in [3.05, 3.63) is 88.5 Å². The van der Waals surface area contributed by atoms with Crippen LogP contribution in [0.4, 0.5) is 11.4 Å². The minimum Gasteiger partial charge on any atom is -0.368 e. The van der Waals surface area contributed by atoms with E-state index in [-0.39, 0.29) is 10.8 Å². The summed E-state index contributed by atoms with van der Waals surface area (Å²) in [7, 11) is -3.84. The molecule has 0 aromatic heterocycles. The Morgan fingerprint density at radius 1 is 0.829 bits per heavy atom. The molecule has 5 rings (SSSR count). The van der Waals surface area contributed by atoms with Gasteiger partial charge >= 0.3 is 0 Å². The fraction of sp³-hybridized carbons (Fsp3) is 0.355. The summed E-state index contributed by atoms with van der Waals surface area (Å²) in [6.07, 6.45) is 0. The standard InChI is InChI=1S/C31H36N6O3S/c1-23-19-24(2)27(20-26(23)22-34-11-13-35(14-12-34)28-8-4-3-7-25(28)21-32)31(38)37-17-15-36(16-18-37)29-9-5-6-10-30(29)41(33,39)40/h3-10,19-20H,11-18,22H2,1-2H3,(H2,33,39,40). The number of carbonyl (C=O) groups is 1. The Balaban J connectivity index is 1.24. The molecule has 0 spiro atoms. The number of rotatable bonds is 6. The number of anilines is 2. The van der Waals surface area contributed by atoms with Gasteiger partial charge in [-0.15, -0.1) is 0 Å². The second-order valence-electron chi connectivity index (χ2n) is 10.8. The first-order valence-corrected chi connectivity index (χ1v) is 15.4. The highest BCUT2D eigenvalue weighted by atomic mass is 32.2. The summed E-state index contributed by atoms with van der Waals surface area (Å²) in [5, 5.41) is 14.9. The average Bonchev–Trinajstić information content (AvgIpc) is 2.98. The van der Waals surface area contributed by atoms with E-state index in [2.05, 4.69) is 28.9 Å². The number of hydrogen-bond acceptors (Lipinski definition) is 7. The summed E-state index contributed by atoms with van der Waals surface area (Å²) in [5.41, 5.74) is 6.25. The Hall–Kier alpha value is -3.91. The van der Waals surface area contributed by atoms with Crippen LogP contribution in [0.5, 0.6) is 0 Å². The van der Waals surface area contributed by atoms with Gasteiger partial charge in [0.2, 0.25) is 10.0 Å². The lowest BCUT2D eigenvalue weighted by Gasteiger charge is -2.37. The van der Waals surface area contributed by atoms with Gasteiger partial charge in [-0.3, -0.25) is 9.69 Å². The Morgan fingerprint density at radius 2 is 1.41 bits per heavy atom. The predicted octanol–water partition coefficient (Wildman–Crippen LogP) is 3.11. The van der Waals surface area contributed by atoms with Crippen molar-refractivity contribution in [1.82, 2.24) is 9.80 Å². The van der Waals surface area contributed by atoms with Crippen LogP contribution in [0.2, 0.25) is 0 Å². The number of aryl methyl sites for hydroxylation is 2. The summed E-state index contributed by atoms with van der Waals surface area (Å²) in [4.78, 5) is 22.3. The number of amides is 1. The first-order chi connectivity index (χ1) is 19.7. The Morgan fingerprint density at radius 3 is 2.07 bits per heavy atom. The molecule has 2 N–H and O–H groups in total. The molecular formula is C31H36N6O3S. The molecule has 0 aliphatic carbocycles. The van der Waals surface area contributed by atoms with Crippen molar-refractivity contribution in [2.75, 3.05) is 62.2 Å². The molecule has 2 saturated heterocycles. The Bertz CT molecular complexity index is 1580. The van der Waals surface area contributed by atoms with Crippen molar-refractivity contribution in [1.29, 1.82) is 5.26 Å². The molecule has 41 heavy (non-hydrogen) atoms. The van der Waals surface area contributed by atoms with Crippen LogP contribution < -0.4 is 14.9 Å². The number of nitrogens with two attached hydrogens (primary N) is 1. The van der Waals surface area contributed by atoms with Crippen LogP contribution in [-0.4, -0.2) is 76.5 Å². The molecule has 0 radical (unpaired) electrons. The quantitative estimate of drug-likeness (QED) is 0.483. The van der Waals surface area contributed by atoms with Crippen molar-refractivity contribution in [3.8, 4) is 6.07 Å². The summed E-state index contributed by atoms with van der Waals surface area (Å²) >= 11 is 0. The molecule has 9 nitrogen and oxygen atoms in total. The number of para-hydroxylation sites is 2. The van der Waals surface area contributed by atoms with E-state index in [1.807, 2.05) is 47.1 Å². The molecule has 0 unspecified atom stereocenters. The molecule has 2 aliphatic heterocycles. The molecule has 3 aromatic rings. The molecule has 1 amide bonds. The summed E-state index contributed by atoms with van der Waals surface area (Å²) < 4.78 is 24.1. The first kappa shape index (κ1) is 28.6. The lowest BCUT2D eigenvalue weighted by molar-refractivity contribution is 0.0745. The van der Waals surface area contributed by atoms with Gasteiger partial charge in [0.1, 0.15) is 11.0 Å². The van der Waals surface area contributed by atoms with Crippen molar-refractivity contribution in [2.24, 2.45) is 5.14 Å². The highest BCUT2D eigenvalue weighted by Crippen LogP contribution is 2.27. The highest BCUT2D eigenvalue weighted by Gasteiger charge is 2.27. The van der Waals surface area contributed by atoms with E-state index in [0.717, 1.165) is 49.5 Å². The number of benzene rings is 3. The molecule has 0 atom stereocenters. The molecular weight excluding hydrogens is 536 g/mol. The van der Waals surface area contributed by atoms with Crippen LogP contribution in [-0.2, 0) is 16.6 Å². The second kappa shape index (κ2) is 11.9. The largest absolute Gasteiger partial charge is 0.368 e. The molecule has 10 heteroatoms. The fourth-order valence-corrected chi connectivity index (χ4v) is 6.57. The number of nitrogens with zero attached hydrogens (tertiary/aromatic N) is 5. The van der Waals surface area contributed by atoms with Gasteiger partial charge in [0.15, 0.2) is 0 Å². The van der Waals surface area contributed by atoms with E-state index < -0.39 is 10.0 Å². The number of sulfonamides is 1. The monoisotopic (exact) mass is 572 g/mol. The van der Waals surface area contributed by atoms with E-state index in [1.165, 1.54) is 11.6 Å². The Kier molecular flexibility index (Phi) is 8.31. The van der Waals surface area contributed by atoms with Gasteiger partial charge < -0.3 is 14.7 Å². The maximum Gasteiger partial charge on any atom is 0.254 e. The van der Waals surface area contributed by atoms with E-state index in [0.29, 0.717) is 43.0 Å². The summed E-state index contributed by atoms with van der Waals surface area (Å²) in [6.45, 7) is 10.3. The zero-order valence-electron chi connectivity index (χ0n) is 23.6. The maximum atomic E-state index is 13.7. The second-order valence-corrected chi connectivity index (χ2v) is 12.3. The van der Waals surface area contributed by atoms with E-state index in [1.54, 1.807) is 18.2 Å². The molecule has 0 saturated carbocycles. The minimum absolute atomic E-state index is 0.000983. The number of hydrogen-bond donors (Lipinski definition) is 1. The van der Waals surface area contributed by atoms with E-state index in [4.69, 9.17) is 5.14 Å². The van der Waals surface area contributed by atoms with Gasteiger partial charge in [-0.05, 0) is 60.9 Å². The van der Waals surface area contributed by atoms with Crippen LogP contribution in [0, 0.1) is 25.2 Å². The van der Waals surface area contributed by atoms with Gasteiger partial charge in [-0.1, -0.05) is 30.3 Å². The SMILES string of the molecule is Cc1cc(C)c(C(=O)N2CCN(c3ccccc3S(N)(=O)=O)CC2)cc1CN1CCN(c2ccccc2C#N)CC1. The van der Waals surface area contributed by atoms with Gasteiger partial charge in [-0.25, -0.2) is 13.6 Å². The predicted molar refractivity (Wildman–Crippen MR) is 160 cm³/mol. The van der Waals surface area contributed by atoms with Gasteiger partial charge in [0.25, 0.3) is 5.91 Å². The highest BCUT2D eigenvalue weighted by molar-refractivity contribution is 7.89. The third-order valence-corrected chi connectivity index (χ3v) is 9.08. The lowest BCUT2D eigenvalue weighted by Crippen LogP contribution is -2.49. The minimum atomic E-state index is -3.84. The molecule has 2 heterocycles. The zero-order valence-corrected chi connectivity index (χ0v) is 24.4. The summed E-state index contributed by atoms with van der Waals surface area (Å²) in [6, 6.07) is 20.9. The topological polar surface area (TPSA) is 114 Å². The van der Waals surface area contributed by atoms with Crippen LogP contribution in [0.3, 0.4) is 0 Å². The third-order valence-electron chi connectivity index (χ3n) is 8.12. The van der Waals surface area contributed by atoms with E-state index in [9.17, 15) is 18.5 Å². The number of carbonyl (C=O) groups excluding carboxylic acids is 1. The fourth-order valence-electron chi connectivity index (χ4n) is 5.81. The molecule has 0 bridgehead atoms. The molecule has 3 aromatic carbocycles. The summed E-state index contributed by atoms with van der Waals surface area (Å²) in [5.74, 6) is 0.000983. The van der Waals surface area contributed by atoms with Gasteiger partial charge in [0.05, 0.1) is 16.9 Å². The van der Waals surface area contributed by atoms with Crippen LogP contribution in [0.15, 0.2) is 65.6 Å². The average molecular weight is 573 g/mol.